The summed E-state index contributed by atoms with van der Waals surface area (Å²) in [4.78, 5) is 16.8. The Labute approximate surface area is 153 Å². The number of carbonyl (C=O) groups excluding carboxylic acids is 1. The molecule has 1 aromatic carbocycles. The van der Waals surface area contributed by atoms with Crippen LogP contribution in [0.15, 0.2) is 34.9 Å². The maximum absolute atomic E-state index is 12.6. The molecule has 1 aromatic heterocycles. The summed E-state index contributed by atoms with van der Waals surface area (Å²) in [5.41, 5.74) is 2.54. The first-order valence-electron chi connectivity index (χ1n) is 8.56. The molecule has 0 unspecified atom stereocenters. The van der Waals surface area contributed by atoms with Crippen LogP contribution in [-0.2, 0) is 11.2 Å². The highest BCUT2D eigenvalue weighted by Crippen LogP contribution is 2.31. The van der Waals surface area contributed by atoms with Crippen LogP contribution in [0.5, 0.6) is 0 Å². The molecule has 2 atom stereocenters. The van der Waals surface area contributed by atoms with Crippen LogP contribution in [0, 0.1) is 6.92 Å². The molecule has 0 aliphatic carbocycles. The van der Waals surface area contributed by atoms with Gasteiger partial charge in [0, 0.05) is 44.0 Å². The SMILES string of the molecule is Cc1ccc([C@@H]2CN(C(=O)CCc3cc(Cl)no3)C[C@H]2N(C)C)cc1. The van der Waals surface area contributed by atoms with E-state index in [0.717, 1.165) is 13.1 Å². The lowest BCUT2D eigenvalue weighted by atomic mass is 9.93. The van der Waals surface area contributed by atoms with E-state index < -0.39 is 0 Å². The molecule has 25 heavy (non-hydrogen) atoms. The Kier molecular flexibility index (Phi) is 5.45. The number of likely N-dealkylation sites (tertiary alicyclic amines) is 1. The van der Waals surface area contributed by atoms with E-state index >= 15 is 0 Å². The standard InChI is InChI=1S/C19H24ClN3O2/c1-13-4-6-14(7-5-13)16-11-23(12-17(16)22(2)3)19(24)9-8-15-10-18(20)21-25-15/h4-7,10,16-17H,8-9,11-12H2,1-3H3/t16-,17+/m0/s1. The van der Waals surface area contributed by atoms with Crippen LogP contribution in [0.2, 0.25) is 5.15 Å². The third kappa shape index (κ3) is 4.22. The molecule has 1 amide bonds. The third-order valence-electron chi connectivity index (χ3n) is 4.93. The molecule has 0 bridgehead atoms. The van der Waals surface area contributed by atoms with Gasteiger partial charge in [-0.25, -0.2) is 0 Å². The van der Waals surface area contributed by atoms with Crippen molar-refractivity contribution in [2.24, 2.45) is 0 Å². The van der Waals surface area contributed by atoms with E-state index in [9.17, 15) is 4.79 Å². The first-order valence-corrected chi connectivity index (χ1v) is 8.93. The van der Waals surface area contributed by atoms with Crippen LogP contribution >= 0.6 is 11.6 Å². The van der Waals surface area contributed by atoms with Crippen molar-refractivity contribution in [2.75, 3.05) is 27.2 Å². The number of hydrogen-bond acceptors (Lipinski definition) is 4. The predicted octanol–water partition coefficient (Wildman–Crippen LogP) is 3.13. The van der Waals surface area contributed by atoms with Crippen molar-refractivity contribution in [3.8, 4) is 0 Å². The summed E-state index contributed by atoms with van der Waals surface area (Å²) >= 11 is 5.75. The number of likely N-dealkylation sites (N-methyl/N-ethyl adjacent to an activating group) is 1. The van der Waals surface area contributed by atoms with Gasteiger partial charge in [-0.15, -0.1) is 0 Å². The smallest absolute Gasteiger partial charge is 0.223 e. The van der Waals surface area contributed by atoms with Crippen molar-refractivity contribution >= 4 is 17.5 Å². The zero-order valence-electron chi connectivity index (χ0n) is 14.9. The van der Waals surface area contributed by atoms with Gasteiger partial charge in [0.1, 0.15) is 5.76 Å². The second-order valence-corrected chi connectivity index (χ2v) is 7.35. The Balaban J connectivity index is 1.66. The molecule has 0 radical (unpaired) electrons. The van der Waals surface area contributed by atoms with Crippen LogP contribution < -0.4 is 0 Å². The molecular formula is C19H24ClN3O2. The summed E-state index contributed by atoms with van der Waals surface area (Å²) in [7, 11) is 4.16. The Morgan fingerprint density at radius 3 is 2.64 bits per heavy atom. The van der Waals surface area contributed by atoms with Crippen LogP contribution in [-0.4, -0.2) is 54.1 Å². The fraction of sp³-hybridized carbons (Fsp3) is 0.474. The van der Waals surface area contributed by atoms with Crippen molar-refractivity contribution in [3.63, 3.8) is 0 Å². The third-order valence-corrected chi connectivity index (χ3v) is 5.10. The van der Waals surface area contributed by atoms with Gasteiger partial charge in [0.25, 0.3) is 0 Å². The first kappa shape index (κ1) is 18.0. The predicted molar refractivity (Wildman–Crippen MR) is 97.8 cm³/mol. The highest BCUT2D eigenvalue weighted by molar-refractivity contribution is 6.29. The van der Waals surface area contributed by atoms with Crippen LogP contribution in [0.3, 0.4) is 0 Å². The van der Waals surface area contributed by atoms with Crippen molar-refractivity contribution < 1.29 is 9.32 Å². The van der Waals surface area contributed by atoms with Gasteiger partial charge in [-0.2, -0.15) is 0 Å². The molecule has 0 N–H and O–H groups in total. The number of benzene rings is 1. The molecule has 2 aromatic rings. The average Bonchev–Trinajstić information content (AvgIpc) is 3.20. The zero-order valence-corrected chi connectivity index (χ0v) is 15.7. The van der Waals surface area contributed by atoms with Crippen molar-refractivity contribution in [3.05, 3.63) is 52.4 Å². The highest BCUT2D eigenvalue weighted by atomic mass is 35.5. The van der Waals surface area contributed by atoms with E-state index in [0.29, 0.717) is 35.7 Å². The van der Waals surface area contributed by atoms with Gasteiger partial charge in [0.05, 0.1) is 0 Å². The van der Waals surface area contributed by atoms with Gasteiger partial charge in [-0.05, 0) is 26.6 Å². The number of rotatable bonds is 5. The Bertz CT molecular complexity index is 727. The number of aryl methyl sites for hydroxylation is 2. The Hall–Kier alpha value is -1.85. The van der Waals surface area contributed by atoms with Crippen LogP contribution in [0.25, 0.3) is 0 Å². The molecule has 1 aliphatic rings. The van der Waals surface area contributed by atoms with Gasteiger partial charge < -0.3 is 14.3 Å². The number of aromatic nitrogens is 1. The molecular weight excluding hydrogens is 338 g/mol. The van der Waals surface area contributed by atoms with Gasteiger partial charge in [0.15, 0.2) is 5.15 Å². The number of hydrogen-bond donors (Lipinski definition) is 0. The molecule has 0 spiro atoms. The van der Waals surface area contributed by atoms with E-state index in [1.165, 1.54) is 11.1 Å². The van der Waals surface area contributed by atoms with Gasteiger partial charge in [0.2, 0.25) is 5.91 Å². The largest absolute Gasteiger partial charge is 0.360 e. The van der Waals surface area contributed by atoms with Crippen molar-refractivity contribution in [2.45, 2.75) is 31.7 Å². The molecule has 6 heteroatoms. The fourth-order valence-corrected chi connectivity index (χ4v) is 3.60. The minimum atomic E-state index is 0.147. The number of halogens is 1. The molecule has 134 valence electrons. The lowest BCUT2D eigenvalue weighted by molar-refractivity contribution is -0.130. The van der Waals surface area contributed by atoms with Crippen molar-refractivity contribution in [1.82, 2.24) is 15.0 Å². The Morgan fingerprint density at radius 2 is 2.04 bits per heavy atom. The number of amides is 1. The van der Waals surface area contributed by atoms with E-state index in [2.05, 4.69) is 55.3 Å². The average molecular weight is 362 g/mol. The molecule has 2 heterocycles. The second kappa shape index (κ2) is 7.58. The van der Waals surface area contributed by atoms with E-state index in [-0.39, 0.29) is 5.91 Å². The van der Waals surface area contributed by atoms with E-state index in [1.54, 1.807) is 6.07 Å². The normalized spacial score (nSPS) is 20.4. The maximum Gasteiger partial charge on any atom is 0.223 e. The number of nitrogens with zero attached hydrogens (tertiary/aromatic N) is 3. The summed E-state index contributed by atoms with van der Waals surface area (Å²) < 4.78 is 5.08. The summed E-state index contributed by atoms with van der Waals surface area (Å²) in [5.74, 6) is 1.13. The van der Waals surface area contributed by atoms with Crippen LogP contribution in [0.4, 0.5) is 0 Å². The molecule has 0 saturated carbocycles. The second-order valence-electron chi connectivity index (χ2n) is 6.96. The monoisotopic (exact) mass is 361 g/mol. The zero-order chi connectivity index (χ0) is 18.0. The van der Waals surface area contributed by atoms with Crippen molar-refractivity contribution in [1.29, 1.82) is 0 Å². The minimum Gasteiger partial charge on any atom is -0.360 e. The molecule has 5 nitrogen and oxygen atoms in total. The molecule has 1 aliphatic heterocycles. The van der Waals surface area contributed by atoms with Crippen LogP contribution in [0.1, 0.15) is 29.2 Å². The summed E-state index contributed by atoms with van der Waals surface area (Å²) in [6.45, 7) is 3.59. The topological polar surface area (TPSA) is 49.6 Å². The minimum absolute atomic E-state index is 0.147. The van der Waals surface area contributed by atoms with E-state index in [4.69, 9.17) is 16.1 Å². The number of carbonyl (C=O) groups is 1. The lowest BCUT2D eigenvalue weighted by Gasteiger charge is -2.25. The lowest BCUT2D eigenvalue weighted by Crippen LogP contribution is -2.35. The molecule has 1 saturated heterocycles. The van der Waals surface area contributed by atoms with Gasteiger partial charge in [-0.3, -0.25) is 4.79 Å². The summed E-state index contributed by atoms with van der Waals surface area (Å²) in [6.07, 6.45) is 0.934. The first-order chi connectivity index (χ1) is 11.9. The maximum atomic E-state index is 12.6. The molecule has 3 rings (SSSR count). The van der Waals surface area contributed by atoms with Gasteiger partial charge >= 0.3 is 0 Å². The fourth-order valence-electron chi connectivity index (χ4n) is 3.45. The molecule has 1 fully saturated rings. The Morgan fingerprint density at radius 1 is 1.32 bits per heavy atom. The van der Waals surface area contributed by atoms with Gasteiger partial charge in [-0.1, -0.05) is 46.6 Å². The quantitative estimate of drug-likeness (QED) is 0.821. The van der Waals surface area contributed by atoms with E-state index in [1.807, 2.05) is 4.90 Å². The highest BCUT2D eigenvalue weighted by Gasteiger charge is 2.37. The summed E-state index contributed by atoms with van der Waals surface area (Å²) in [5, 5.41) is 3.97. The summed E-state index contributed by atoms with van der Waals surface area (Å²) in [6, 6.07) is 10.6.